The second-order valence-corrected chi connectivity index (χ2v) is 9.30. The van der Waals surface area contributed by atoms with Gasteiger partial charge in [-0.05, 0) is 18.2 Å². The molecular formula is C18H19F3N8O6S. The summed E-state index contributed by atoms with van der Waals surface area (Å²) in [7, 11) is -4.58. The number of anilines is 2. The van der Waals surface area contributed by atoms with Gasteiger partial charge in [-0.3, -0.25) is 9.36 Å². The lowest BCUT2D eigenvalue weighted by Gasteiger charge is -2.27. The smallest absolute Gasteiger partial charge is 0.398 e. The molecule has 194 valence electrons. The van der Waals surface area contributed by atoms with E-state index < -0.39 is 70.2 Å². The molecule has 8 N–H and O–H groups in total. The summed E-state index contributed by atoms with van der Waals surface area (Å²) in [6.07, 6.45) is -5.39. The van der Waals surface area contributed by atoms with Gasteiger partial charge in [-0.2, -0.15) is 26.3 Å². The second-order valence-electron chi connectivity index (χ2n) is 7.80. The molecule has 3 aromatic rings. The zero-order valence-electron chi connectivity index (χ0n) is 18.0. The Hall–Kier alpha value is -3.58. The molecule has 0 radical (unpaired) electrons. The number of aliphatic hydroxyl groups excluding tert-OH is 1. The topological polar surface area (TPSA) is 221 Å². The number of nitrogens with one attached hydrogen (secondary N) is 2. The minimum absolute atomic E-state index is 0.0319. The van der Waals surface area contributed by atoms with Crippen LogP contribution in [0.15, 0.2) is 30.9 Å². The monoisotopic (exact) mass is 532 g/mol. The Kier molecular flexibility index (Phi) is 6.25. The quantitative estimate of drug-likeness (QED) is 0.204. The Bertz CT molecular complexity index is 1430. The van der Waals surface area contributed by atoms with Crippen molar-refractivity contribution in [1.82, 2.24) is 29.0 Å². The Morgan fingerprint density at radius 3 is 2.67 bits per heavy atom. The van der Waals surface area contributed by atoms with Crippen molar-refractivity contribution in [1.29, 1.82) is 0 Å². The van der Waals surface area contributed by atoms with Gasteiger partial charge in [-0.15, -0.1) is 0 Å². The molecule has 1 saturated heterocycles. The number of hydrogen-bond donors (Lipinski definition) is 6. The van der Waals surface area contributed by atoms with E-state index in [1.807, 2.05) is 4.72 Å². The molecule has 14 nitrogen and oxygen atoms in total. The average molecular weight is 532 g/mol. The van der Waals surface area contributed by atoms with E-state index in [1.165, 1.54) is 0 Å². The van der Waals surface area contributed by atoms with Crippen molar-refractivity contribution < 1.29 is 41.3 Å². The number of ether oxygens (including phenoxy) is 1. The van der Waals surface area contributed by atoms with E-state index in [0.717, 1.165) is 23.3 Å². The maximum atomic E-state index is 12.8. The first-order valence-electron chi connectivity index (χ1n) is 9.97. The molecular weight excluding hydrogens is 513 g/mol. The summed E-state index contributed by atoms with van der Waals surface area (Å²) in [5.74, 6) is -1.26. The molecule has 1 fully saturated rings. The van der Waals surface area contributed by atoms with Crippen molar-refractivity contribution >= 4 is 38.8 Å². The third-order valence-corrected chi connectivity index (χ3v) is 6.44. The van der Waals surface area contributed by atoms with E-state index >= 15 is 0 Å². The summed E-state index contributed by atoms with van der Waals surface area (Å²) in [6.45, 7) is -1.08. The van der Waals surface area contributed by atoms with Crippen molar-refractivity contribution in [3.8, 4) is 0 Å². The predicted octanol–water partition coefficient (Wildman–Crippen LogP) is -1.32. The van der Waals surface area contributed by atoms with Gasteiger partial charge >= 0.3 is 16.4 Å². The normalized spacial score (nSPS) is 22.7. The number of alkyl halides is 3. The maximum absolute atomic E-state index is 12.8. The SMILES string of the molecule is Nc1cc(C(F)(F)F)ccc1C(=O)NS(=O)(=O)NC[C@H]1OC[C@@](O)(n2cnc3c(N)ncnc32)[C@@H]1O. The van der Waals surface area contributed by atoms with Crippen LogP contribution in [0, 0.1) is 0 Å². The molecule has 3 heterocycles. The first-order chi connectivity index (χ1) is 16.7. The molecule has 0 saturated carbocycles. The molecule has 0 aliphatic carbocycles. The van der Waals surface area contributed by atoms with Crippen LogP contribution in [0.2, 0.25) is 0 Å². The van der Waals surface area contributed by atoms with Crippen LogP contribution in [0.3, 0.4) is 0 Å². The van der Waals surface area contributed by atoms with Crippen LogP contribution < -0.4 is 20.9 Å². The van der Waals surface area contributed by atoms with E-state index in [1.54, 1.807) is 4.72 Å². The third kappa shape index (κ3) is 4.63. The summed E-state index contributed by atoms with van der Waals surface area (Å²) in [4.78, 5) is 24.0. The zero-order valence-corrected chi connectivity index (χ0v) is 18.8. The number of fused-ring (bicyclic) bond motifs is 1. The Morgan fingerprint density at radius 1 is 1.28 bits per heavy atom. The highest BCUT2D eigenvalue weighted by Gasteiger charge is 2.50. The molecule has 4 rings (SSSR count). The first kappa shape index (κ1) is 25.5. The van der Waals surface area contributed by atoms with Gasteiger partial charge in [0.05, 0.1) is 24.1 Å². The van der Waals surface area contributed by atoms with Crippen LogP contribution >= 0.6 is 0 Å². The molecule has 1 amide bonds. The van der Waals surface area contributed by atoms with Gasteiger partial charge in [0.1, 0.15) is 24.1 Å². The molecule has 3 atom stereocenters. The zero-order chi connectivity index (χ0) is 26.5. The number of aliphatic hydroxyl groups is 2. The number of nitrogens with two attached hydrogens (primary N) is 2. The van der Waals surface area contributed by atoms with E-state index in [-0.39, 0.29) is 17.0 Å². The van der Waals surface area contributed by atoms with Crippen molar-refractivity contribution in [2.45, 2.75) is 24.1 Å². The molecule has 18 heteroatoms. The lowest BCUT2D eigenvalue weighted by Crippen LogP contribution is -2.50. The predicted molar refractivity (Wildman–Crippen MR) is 116 cm³/mol. The molecule has 1 aliphatic heterocycles. The standard InChI is InChI=1S/C18H19F3N8O6S/c19-18(20,21)8-1-2-9(10(22)3-8)16(31)28-36(33,34)27-4-11-13(30)17(32,5-35-11)29-7-26-12-14(23)24-6-25-15(12)29/h1-3,6-7,11,13,27,30,32H,4-5,22H2,(H,28,31)(H2,23,24,25)/t11-,13-,17+/m1/s1. The Balaban J connectivity index is 1.43. The van der Waals surface area contributed by atoms with Gasteiger partial charge < -0.3 is 26.4 Å². The van der Waals surface area contributed by atoms with Gasteiger partial charge in [0.25, 0.3) is 5.91 Å². The van der Waals surface area contributed by atoms with Crippen molar-refractivity contribution in [3.05, 3.63) is 42.0 Å². The largest absolute Gasteiger partial charge is 0.416 e. The van der Waals surface area contributed by atoms with Crippen LogP contribution in [0.5, 0.6) is 0 Å². The Morgan fingerprint density at radius 2 is 2.00 bits per heavy atom. The number of halogens is 3. The van der Waals surface area contributed by atoms with Gasteiger partial charge in [0.2, 0.25) is 0 Å². The maximum Gasteiger partial charge on any atom is 0.416 e. The van der Waals surface area contributed by atoms with Gasteiger partial charge in [0, 0.05) is 12.2 Å². The number of carbonyl (C=O) groups is 1. The van der Waals surface area contributed by atoms with Crippen molar-refractivity contribution in [3.63, 3.8) is 0 Å². The first-order valence-corrected chi connectivity index (χ1v) is 11.5. The summed E-state index contributed by atoms with van der Waals surface area (Å²) in [5.41, 5.74) is 7.14. The van der Waals surface area contributed by atoms with Gasteiger partial charge in [-0.1, -0.05) is 0 Å². The molecule has 1 aromatic carbocycles. The minimum atomic E-state index is -4.70. The summed E-state index contributed by atoms with van der Waals surface area (Å²) >= 11 is 0. The lowest BCUT2D eigenvalue weighted by atomic mass is 10.1. The number of hydrogen-bond acceptors (Lipinski definition) is 11. The highest BCUT2D eigenvalue weighted by atomic mass is 32.2. The van der Waals surface area contributed by atoms with Crippen molar-refractivity contribution in [2.75, 3.05) is 24.6 Å². The molecule has 0 unspecified atom stereocenters. The van der Waals surface area contributed by atoms with Crippen molar-refractivity contribution in [2.24, 2.45) is 0 Å². The fourth-order valence-corrected chi connectivity index (χ4v) is 4.38. The van der Waals surface area contributed by atoms with Gasteiger partial charge in [-0.25, -0.2) is 19.7 Å². The lowest BCUT2D eigenvalue weighted by molar-refractivity contribution is -0.137. The second kappa shape index (κ2) is 8.82. The fraction of sp³-hybridized carbons (Fsp3) is 0.333. The molecule has 1 aliphatic rings. The number of imidazole rings is 1. The third-order valence-electron chi connectivity index (χ3n) is 5.44. The Labute approximate surface area is 200 Å². The molecule has 0 bridgehead atoms. The average Bonchev–Trinajstić information content (AvgIpc) is 3.35. The van der Waals surface area contributed by atoms with E-state index in [0.29, 0.717) is 12.1 Å². The summed E-state index contributed by atoms with van der Waals surface area (Å²) < 4.78 is 72.9. The highest BCUT2D eigenvalue weighted by molar-refractivity contribution is 7.88. The highest BCUT2D eigenvalue weighted by Crippen LogP contribution is 2.33. The number of benzene rings is 1. The number of aromatic nitrogens is 4. The van der Waals surface area contributed by atoms with E-state index in [2.05, 4.69) is 15.0 Å². The van der Waals surface area contributed by atoms with E-state index in [9.17, 15) is 36.6 Å². The van der Waals surface area contributed by atoms with Crippen LogP contribution in [0.25, 0.3) is 11.2 Å². The molecule has 36 heavy (non-hydrogen) atoms. The van der Waals surface area contributed by atoms with E-state index in [4.69, 9.17) is 16.2 Å². The summed E-state index contributed by atoms with van der Waals surface area (Å²) in [6, 6.07) is 1.81. The van der Waals surface area contributed by atoms with Crippen LogP contribution in [0.1, 0.15) is 15.9 Å². The minimum Gasteiger partial charge on any atom is -0.398 e. The van der Waals surface area contributed by atoms with Gasteiger partial charge in [0.15, 0.2) is 17.2 Å². The van der Waals surface area contributed by atoms with Crippen LogP contribution in [-0.2, 0) is 26.8 Å². The number of carbonyl (C=O) groups excluding carboxylic acids is 1. The number of nitrogens with zero attached hydrogens (tertiary/aromatic N) is 4. The number of rotatable bonds is 6. The van der Waals surface area contributed by atoms with Crippen LogP contribution in [-0.4, -0.2) is 69.4 Å². The van der Waals surface area contributed by atoms with Crippen LogP contribution in [0.4, 0.5) is 24.7 Å². The fourth-order valence-electron chi connectivity index (χ4n) is 3.57. The summed E-state index contributed by atoms with van der Waals surface area (Å²) in [5, 5.41) is 21.7. The molecule has 2 aromatic heterocycles. The molecule has 0 spiro atoms. The number of nitrogen functional groups attached to an aromatic ring is 2. The number of amides is 1.